The molecule has 0 bridgehead atoms. The van der Waals surface area contributed by atoms with Crippen LogP contribution >= 0.6 is 12.8 Å². The van der Waals surface area contributed by atoms with Crippen LogP contribution in [0.5, 0.6) is 0 Å². The van der Waals surface area contributed by atoms with E-state index in [1.807, 2.05) is 0 Å². The molecule has 0 unspecified atom stereocenters. The predicted octanol–water partition coefficient (Wildman–Crippen LogP) is 4.08. The first-order valence-corrected chi connectivity index (χ1v) is 6.77. The van der Waals surface area contributed by atoms with Crippen molar-refractivity contribution >= 4 is 23.7 Å². The van der Waals surface area contributed by atoms with Crippen LogP contribution in [0.1, 0.15) is 11.3 Å². The molecule has 0 fully saturated rings. The number of hydrogen-bond donors (Lipinski definition) is 3. The Kier molecular flexibility index (Phi) is 3.32. The minimum absolute atomic E-state index is 0.751. The maximum absolute atomic E-state index is 4.10. The van der Waals surface area contributed by atoms with Gasteiger partial charge in [-0.1, -0.05) is 49.2 Å². The van der Waals surface area contributed by atoms with E-state index in [2.05, 4.69) is 78.0 Å². The number of H-pyrrole nitrogens is 1. The predicted molar refractivity (Wildman–Crippen MR) is 84.3 cm³/mol. The van der Waals surface area contributed by atoms with Gasteiger partial charge < -0.3 is 4.98 Å². The summed E-state index contributed by atoms with van der Waals surface area (Å²) in [5.41, 5.74) is 6.10. The van der Waals surface area contributed by atoms with Crippen molar-refractivity contribution in [3.8, 4) is 11.1 Å². The lowest BCUT2D eigenvalue weighted by atomic mass is 9.99. The molecule has 0 spiro atoms. The van der Waals surface area contributed by atoms with E-state index in [9.17, 15) is 0 Å². The van der Waals surface area contributed by atoms with Gasteiger partial charge in [-0.15, -0.1) is 0 Å². The van der Waals surface area contributed by atoms with Gasteiger partial charge in [0.25, 0.3) is 0 Å². The van der Waals surface area contributed by atoms with Gasteiger partial charge in [-0.05, 0) is 41.1 Å². The van der Waals surface area contributed by atoms with Crippen molar-refractivity contribution in [3.05, 3.63) is 59.8 Å². The second-order valence-corrected chi connectivity index (χ2v) is 5.06. The highest BCUT2D eigenvalue weighted by molar-refractivity contribution is 7.78. The normalized spacial score (nSPS) is 11.1. The molecule has 19 heavy (non-hydrogen) atoms. The maximum Gasteiger partial charge on any atom is 0.0462 e. The van der Waals surface area contributed by atoms with Crippen LogP contribution < -0.4 is 4.72 Å². The van der Waals surface area contributed by atoms with E-state index in [1.54, 1.807) is 0 Å². The minimum atomic E-state index is 0.751. The zero-order valence-corrected chi connectivity index (χ0v) is 11.7. The summed E-state index contributed by atoms with van der Waals surface area (Å²) in [6.07, 6.45) is 0. The molecule has 0 aliphatic carbocycles. The molecule has 0 atom stereocenters. The molecule has 1 heterocycles. The third-order valence-electron chi connectivity index (χ3n) is 3.36. The average Bonchev–Trinajstić information content (AvgIpc) is 2.79. The molecule has 3 rings (SSSR count). The van der Waals surface area contributed by atoms with Crippen molar-refractivity contribution in [1.29, 1.82) is 0 Å². The first kappa shape index (κ1) is 12.3. The van der Waals surface area contributed by atoms with Crippen LogP contribution in [-0.4, -0.2) is 4.98 Å². The number of aryl methyl sites for hydroxylation is 1. The molecule has 0 saturated heterocycles. The fourth-order valence-electron chi connectivity index (χ4n) is 2.48. The molecule has 96 valence electrons. The summed E-state index contributed by atoms with van der Waals surface area (Å²) in [5.74, 6) is 0. The number of aromatic amines is 1. The van der Waals surface area contributed by atoms with Crippen molar-refractivity contribution in [3.63, 3.8) is 0 Å². The number of benzene rings is 2. The Balaban J connectivity index is 2.13. The van der Waals surface area contributed by atoms with Crippen molar-refractivity contribution in [2.45, 2.75) is 13.5 Å². The molecule has 0 amide bonds. The molecular formula is C16H16N2S. The Morgan fingerprint density at radius 1 is 1.11 bits per heavy atom. The fourth-order valence-corrected chi connectivity index (χ4v) is 2.65. The van der Waals surface area contributed by atoms with Crippen molar-refractivity contribution in [2.75, 3.05) is 0 Å². The number of thiol groups is 1. The second-order valence-electron chi connectivity index (χ2n) is 4.75. The highest BCUT2D eigenvalue weighted by Gasteiger charge is 2.05. The van der Waals surface area contributed by atoms with Gasteiger partial charge in [0.15, 0.2) is 0 Å². The van der Waals surface area contributed by atoms with Crippen LogP contribution in [0.2, 0.25) is 0 Å². The summed E-state index contributed by atoms with van der Waals surface area (Å²) in [6.45, 7) is 2.83. The Labute approximate surface area is 118 Å². The molecule has 3 heteroatoms. The molecule has 3 aromatic rings. The number of fused-ring (bicyclic) bond motifs is 1. The number of hydrogen-bond acceptors (Lipinski definition) is 2. The Morgan fingerprint density at radius 2 is 1.95 bits per heavy atom. The van der Waals surface area contributed by atoms with Crippen LogP contribution in [0.15, 0.2) is 48.5 Å². The summed E-state index contributed by atoms with van der Waals surface area (Å²) in [4.78, 5) is 3.39. The largest absolute Gasteiger partial charge is 0.359 e. The number of nitrogens with one attached hydrogen (secondary N) is 2. The summed E-state index contributed by atoms with van der Waals surface area (Å²) in [5, 5.41) is 1.26. The summed E-state index contributed by atoms with van der Waals surface area (Å²) < 4.78 is 2.92. The van der Waals surface area contributed by atoms with Gasteiger partial charge in [-0.2, -0.15) is 0 Å². The van der Waals surface area contributed by atoms with Gasteiger partial charge in [0.1, 0.15) is 0 Å². The Hall–Kier alpha value is -1.71. The van der Waals surface area contributed by atoms with Gasteiger partial charge in [0.05, 0.1) is 0 Å². The Morgan fingerprint density at radius 3 is 2.79 bits per heavy atom. The van der Waals surface area contributed by atoms with Crippen molar-refractivity contribution < 1.29 is 0 Å². The minimum Gasteiger partial charge on any atom is -0.359 e. The lowest BCUT2D eigenvalue weighted by Gasteiger charge is -2.09. The van der Waals surface area contributed by atoms with Gasteiger partial charge in [0, 0.05) is 17.8 Å². The van der Waals surface area contributed by atoms with Gasteiger partial charge in [-0.25, -0.2) is 0 Å². The van der Waals surface area contributed by atoms with E-state index >= 15 is 0 Å². The second kappa shape index (κ2) is 5.11. The summed E-state index contributed by atoms with van der Waals surface area (Å²) in [7, 11) is 0. The lowest BCUT2D eigenvalue weighted by molar-refractivity contribution is 0.988. The maximum atomic E-state index is 4.10. The zero-order valence-electron chi connectivity index (χ0n) is 10.8. The number of aromatic nitrogens is 1. The van der Waals surface area contributed by atoms with Gasteiger partial charge in [-0.3, -0.25) is 4.72 Å². The molecule has 1 aromatic heterocycles. The SMILES string of the molecule is Cc1cc2ccc(-c3ccccc3CNS)cc2[nH]1. The van der Waals surface area contributed by atoms with Crippen molar-refractivity contribution in [1.82, 2.24) is 9.71 Å². The molecule has 0 radical (unpaired) electrons. The van der Waals surface area contributed by atoms with E-state index in [-0.39, 0.29) is 0 Å². The van der Waals surface area contributed by atoms with E-state index in [0.29, 0.717) is 0 Å². The third-order valence-corrected chi connectivity index (χ3v) is 3.51. The molecule has 0 aliphatic heterocycles. The quantitative estimate of drug-likeness (QED) is 0.614. The molecule has 0 aliphatic rings. The number of rotatable bonds is 3. The Bertz CT molecular complexity index is 716. The van der Waals surface area contributed by atoms with Crippen molar-refractivity contribution in [2.24, 2.45) is 0 Å². The lowest BCUT2D eigenvalue weighted by Crippen LogP contribution is -2.00. The summed E-state index contributed by atoms with van der Waals surface area (Å²) in [6, 6.07) is 17.1. The molecule has 2 nitrogen and oxygen atoms in total. The topological polar surface area (TPSA) is 27.8 Å². The average molecular weight is 268 g/mol. The van der Waals surface area contributed by atoms with E-state index in [1.165, 1.54) is 33.3 Å². The van der Waals surface area contributed by atoms with Gasteiger partial charge >= 0.3 is 0 Å². The van der Waals surface area contributed by atoms with Crippen LogP contribution in [0, 0.1) is 6.92 Å². The van der Waals surface area contributed by atoms with Crippen LogP contribution in [-0.2, 0) is 6.54 Å². The zero-order chi connectivity index (χ0) is 13.2. The van der Waals surface area contributed by atoms with Crippen LogP contribution in [0.3, 0.4) is 0 Å². The van der Waals surface area contributed by atoms with Crippen LogP contribution in [0.4, 0.5) is 0 Å². The van der Waals surface area contributed by atoms with E-state index < -0.39 is 0 Å². The molecule has 0 saturated carbocycles. The van der Waals surface area contributed by atoms with E-state index in [4.69, 9.17) is 0 Å². The molecule has 2 aromatic carbocycles. The smallest absolute Gasteiger partial charge is 0.0462 e. The highest BCUT2D eigenvalue weighted by atomic mass is 32.1. The standard InChI is InChI=1S/C16H16N2S/c1-11-8-13-7-6-12(9-16(13)18-11)15-5-3-2-4-14(15)10-17-19/h2-9,17-19H,10H2,1H3. The molecular weight excluding hydrogens is 252 g/mol. The third kappa shape index (κ3) is 2.39. The first-order valence-electron chi connectivity index (χ1n) is 6.32. The van der Waals surface area contributed by atoms with E-state index in [0.717, 1.165) is 6.54 Å². The monoisotopic (exact) mass is 268 g/mol. The van der Waals surface area contributed by atoms with Gasteiger partial charge in [0.2, 0.25) is 0 Å². The fraction of sp³-hybridized carbons (Fsp3) is 0.125. The van der Waals surface area contributed by atoms with Crippen LogP contribution in [0.25, 0.3) is 22.0 Å². The first-order chi connectivity index (χ1) is 9.28. The molecule has 2 N–H and O–H groups in total. The highest BCUT2D eigenvalue weighted by Crippen LogP contribution is 2.27. The summed E-state index contributed by atoms with van der Waals surface area (Å²) >= 11 is 4.10.